The van der Waals surface area contributed by atoms with Crippen LogP contribution in [0.25, 0.3) is 0 Å². The number of thioether (sulfide) groups is 1. The van der Waals surface area contributed by atoms with Crippen LogP contribution in [0.1, 0.15) is 18.9 Å². The predicted octanol–water partition coefficient (Wildman–Crippen LogP) is 2.85. The van der Waals surface area contributed by atoms with Gasteiger partial charge in [-0.15, -0.1) is 0 Å². The maximum atomic E-state index is 3.50. The van der Waals surface area contributed by atoms with Crippen molar-refractivity contribution in [1.82, 2.24) is 10.2 Å². The summed E-state index contributed by atoms with van der Waals surface area (Å²) < 4.78 is 0. The Labute approximate surface area is 116 Å². The molecule has 0 aliphatic carbocycles. The van der Waals surface area contributed by atoms with E-state index in [9.17, 15) is 0 Å². The van der Waals surface area contributed by atoms with Gasteiger partial charge in [-0.1, -0.05) is 37.3 Å². The van der Waals surface area contributed by atoms with E-state index in [1.54, 1.807) is 0 Å². The van der Waals surface area contributed by atoms with Crippen LogP contribution in [0.15, 0.2) is 30.3 Å². The number of hydrogen-bond donors (Lipinski definition) is 1. The van der Waals surface area contributed by atoms with Gasteiger partial charge in [-0.25, -0.2) is 0 Å². The highest BCUT2D eigenvalue weighted by atomic mass is 32.2. The molecule has 0 heterocycles. The zero-order valence-corrected chi connectivity index (χ0v) is 12.5. The molecule has 0 radical (unpaired) electrons. The largest absolute Gasteiger partial charge is 0.315 e. The smallest absolute Gasteiger partial charge is 0.0234 e. The third-order valence-corrected chi connectivity index (χ3v) is 3.49. The van der Waals surface area contributed by atoms with Crippen LogP contribution in [0, 0.1) is 0 Å². The van der Waals surface area contributed by atoms with Crippen molar-refractivity contribution >= 4 is 11.8 Å². The highest BCUT2D eigenvalue weighted by Crippen LogP contribution is 2.04. The summed E-state index contributed by atoms with van der Waals surface area (Å²) >= 11 is 1.90. The van der Waals surface area contributed by atoms with Gasteiger partial charge in [0.25, 0.3) is 0 Å². The van der Waals surface area contributed by atoms with Gasteiger partial charge in [0, 0.05) is 31.9 Å². The third-order valence-electron chi connectivity index (χ3n) is 2.88. The summed E-state index contributed by atoms with van der Waals surface area (Å²) in [7, 11) is 0. The van der Waals surface area contributed by atoms with Gasteiger partial charge < -0.3 is 5.32 Å². The fourth-order valence-corrected chi connectivity index (χ4v) is 2.31. The molecule has 1 N–H and O–H groups in total. The highest BCUT2D eigenvalue weighted by molar-refractivity contribution is 7.98. The van der Waals surface area contributed by atoms with Crippen molar-refractivity contribution in [2.75, 3.05) is 38.2 Å². The summed E-state index contributed by atoms with van der Waals surface area (Å²) in [4.78, 5) is 2.53. The lowest BCUT2D eigenvalue weighted by Gasteiger charge is -2.22. The summed E-state index contributed by atoms with van der Waals surface area (Å²) in [5.74, 6) is 1.20. The molecular weight excluding hydrogens is 240 g/mol. The van der Waals surface area contributed by atoms with E-state index in [4.69, 9.17) is 0 Å². The van der Waals surface area contributed by atoms with Crippen molar-refractivity contribution in [3.63, 3.8) is 0 Å². The Bertz CT molecular complexity index is 290. The quantitative estimate of drug-likeness (QED) is 0.656. The van der Waals surface area contributed by atoms with Crippen LogP contribution in [-0.2, 0) is 6.54 Å². The minimum Gasteiger partial charge on any atom is -0.315 e. The molecule has 0 saturated heterocycles. The Morgan fingerprint density at radius 3 is 2.56 bits per heavy atom. The van der Waals surface area contributed by atoms with Gasteiger partial charge in [-0.05, 0) is 24.8 Å². The summed E-state index contributed by atoms with van der Waals surface area (Å²) in [5.41, 5.74) is 1.41. The van der Waals surface area contributed by atoms with Gasteiger partial charge >= 0.3 is 0 Å². The summed E-state index contributed by atoms with van der Waals surface area (Å²) in [6, 6.07) is 10.7. The lowest BCUT2D eigenvalue weighted by atomic mass is 10.2. The second kappa shape index (κ2) is 10.4. The molecule has 18 heavy (non-hydrogen) atoms. The molecule has 0 atom stereocenters. The van der Waals surface area contributed by atoms with Crippen LogP contribution in [0.5, 0.6) is 0 Å². The Morgan fingerprint density at radius 1 is 1.11 bits per heavy atom. The Balaban J connectivity index is 2.26. The van der Waals surface area contributed by atoms with Crippen LogP contribution < -0.4 is 5.32 Å². The first-order valence-corrected chi connectivity index (χ1v) is 8.22. The predicted molar refractivity (Wildman–Crippen MR) is 83.3 cm³/mol. The number of rotatable bonds is 10. The van der Waals surface area contributed by atoms with Gasteiger partial charge in [0.1, 0.15) is 0 Å². The second-order valence-corrected chi connectivity index (χ2v) is 5.49. The van der Waals surface area contributed by atoms with E-state index in [-0.39, 0.29) is 0 Å². The van der Waals surface area contributed by atoms with Crippen molar-refractivity contribution in [3.8, 4) is 0 Å². The molecule has 0 amide bonds. The minimum atomic E-state index is 1.07. The maximum absolute atomic E-state index is 3.50. The molecule has 102 valence electrons. The zero-order chi connectivity index (χ0) is 13.1. The van der Waals surface area contributed by atoms with E-state index >= 15 is 0 Å². The summed E-state index contributed by atoms with van der Waals surface area (Å²) in [6.07, 6.45) is 3.37. The van der Waals surface area contributed by atoms with Gasteiger partial charge in [0.05, 0.1) is 0 Å². The highest BCUT2D eigenvalue weighted by Gasteiger charge is 2.04. The number of nitrogens with zero attached hydrogens (tertiary/aromatic N) is 1. The van der Waals surface area contributed by atoms with E-state index in [0.29, 0.717) is 0 Å². The lowest BCUT2D eigenvalue weighted by Crippen LogP contribution is -2.33. The molecule has 0 unspecified atom stereocenters. The van der Waals surface area contributed by atoms with Gasteiger partial charge in [-0.2, -0.15) is 11.8 Å². The first kappa shape index (κ1) is 15.5. The van der Waals surface area contributed by atoms with Crippen molar-refractivity contribution in [2.45, 2.75) is 19.9 Å². The van der Waals surface area contributed by atoms with Crippen molar-refractivity contribution in [2.24, 2.45) is 0 Å². The Hall–Kier alpha value is -0.510. The molecular formula is C15H26N2S. The van der Waals surface area contributed by atoms with E-state index < -0.39 is 0 Å². The van der Waals surface area contributed by atoms with Crippen LogP contribution >= 0.6 is 11.8 Å². The molecule has 0 fully saturated rings. The molecule has 1 aromatic rings. The van der Waals surface area contributed by atoms with Gasteiger partial charge in [0.2, 0.25) is 0 Å². The van der Waals surface area contributed by atoms with Gasteiger partial charge in [-0.3, -0.25) is 4.90 Å². The van der Waals surface area contributed by atoms with Crippen molar-refractivity contribution < 1.29 is 0 Å². The molecule has 0 bridgehead atoms. The van der Waals surface area contributed by atoms with Crippen molar-refractivity contribution in [3.05, 3.63) is 35.9 Å². The van der Waals surface area contributed by atoms with Crippen molar-refractivity contribution in [1.29, 1.82) is 0 Å². The van der Waals surface area contributed by atoms with Crippen LogP contribution in [0.3, 0.4) is 0 Å². The molecule has 1 aromatic carbocycles. The summed E-state index contributed by atoms with van der Waals surface area (Å²) in [6.45, 7) is 7.84. The van der Waals surface area contributed by atoms with Crippen LogP contribution in [0.4, 0.5) is 0 Å². The molecule has 0 aromatic heterocycles. The molecule has 1 rings (SSSR count). The number of hydrogen-bond acceptors (Lipinski definition) is 3. The lowest BCUT2D eigenvalue weighted by molar-refractivity contribution is 0.266. The molecule has 0 aliphatic rings. The standard InChI is InChI=1S/C15H26N2S/c1-3-11-17(12-9-16-10-13-18-2)14-15-7-5-4-6-8-15/h4-8,16H,3,9-14H2,1-2H3. The third kappa shape index (κ3) is 7.04. The fraction of sp³-hybridized carbons (Fsp3) is 0.600. The van der Waals surface area contributed by atoms with E-state index in [0.717, 1.165) is 26.2 Å². The van der Waals surface area contributed by atoms with Crippen LogP contribution in [-0.4, -0.2) is 43.1 Å². The Kier molecular flexibility index (Phi) is 9.00. The summed E-state index contributed by atoms with van der Waals surface area (Å²) in [5, 5.41) is 3.50. The van der Waals surface area contributed by atoms with E-state index in [2.05, 4.69) is 53.7 Å². The average Bonchev–Trinajstić information content (AvgIpc) is 2.40. The topological polar surface area (TPSA) is 15.3 Å². The molecule has 0 saturated carbocycles. The zero-order valence-electron chi connectivity index (χ0n) is 11.7. The first-order chi connectivity index (χ1) is 8.86. The molecule has 0 aliphatic heterocycles. The number of nitrogens with one attached hydrogen (secondary N) is 1. The maximum Gasteiger partial charge on any atom is 0.0234 e. The second-order valence-electron chi connectivity index (χ2n) is 4.50. The first-order valence-electron chi connectivity index (χ1n) is 6.82. The van der Waals surface area contributed by atoms with E-state index in [1.807, 2.05) is 11.8 Å². The minimum absolute atomic E-state index is 1.07. The molecule has 3 heteroatoms. The normalized spacial score (nSPS) is 11.1. The SMILES string of the molecule is CCCN(CCNCCSC)Cc1ccccc1. The van der Waals surface area contributed by atoms with Crippen LogP contribution in [0.2, 0.25) is 0 Å². The van der Waals surface area contributed by atoms with Gasteiger partial charge in [0.15, 0.2) is 0 Å². The monoisotopic (exact) mass is 266 g/mol. The fourth-order valence-electron chi connectivity index (χ4n) is 1.96. The Morgan fingerprint density at radius 2 is 1.89 bits per heavy atom. The molecule has 2 nitrogen and oxygen atoms in total. The van der Waals surface area contributed by atoms with E-state index in [1.165, 1.54) is 24.3 Å². The molecule has 0 spiro atoms. The number of benzene rings is 1. The average molecular weight is 266 g/mol.